The maximum absolute atomic E-state index is 14.3. The second-order valence-corrected chi connectivity index (χ2v) is 19.5. The number of aliphatic hydroxyl groups is 2. The van der Waals surface area contributed by atoms with Crippen LogP contribution >= 0.6 is 19.6 Å². The van der Waals surface area contributed by atoms with Gasteiger partial charge in [-0.1, -0.05) is 0 Å². The van der Waals surface area contributed by atoms with Crippen LogP contribution in [-0.2, 0) is 63.5 Å². The highest BCUT2D eigenvalue weighted by molar-refractivity contribution is 7.98. The van der Waals surface area contributed by atoms with Crippen molar-refractivity contribution in [3.63, 3.8) is 0 Å². The van der Waals surface area contributed by atoms with E-state index in [1.54, 1.807) is 6.26 Å². The van der Waals surface area contributed by atoms with Crippen LogP contribution in [0, 0.1) is 0 Å². The monoisotopic (exact) mass is 1110 g/mol. The zero-order valence-corrected chi connectivity index (χ0v) is 42.5. The van der Waals surface area contributed by atoms with Crippen molar-refractivity contribution in [2.45, 2.75) is 119 Å². The summed E-state index contributed by atoms with van der Waals surface area (Å²) in [6.07, 6.45) is 3.70. The Kier molecular flexibility index (Phi) is 25.8. The quantitative estimate of drug-likeness (QED) is 0.0138. The van der Waals surface area contributed by atoms with Crippen LogP contribution in [0.25, 0.3) is 0 Å². The van der Waals surface area contributed by atoms with Crippen LogP contribution in [0.3, 0.4) is 0 Å². The topological polar surface area (TPSA) is 516 Å². The van der Waals surface area contributed by atoms with E-state index in [0.717, 1.165) is 9.80 Å². The second kappa shape index (κ2) is 30.8. The lowest BCUT2D eigenvalue weighted by molar-refractivity contribution is -0.144. The van der Waals surface area contributed by atoms with Crippen molar-refractivity contribution in [3.05, 3.63) is 18.2 Å². The Hall–Kier alpha value is -6.48. The van der Waals surface area contributed by atoms with Gasteiger partial charge in [-0.05, 0) is 63.4 Å². The number of aliphatic hydroxyl groups excluding tert-OH is 2. The highest BCUT2D eigenvalue weighted by atomic mass is 32.2. The number of aromatic amines is 1. The number of aromatic nitrogens is 2. The fraction of sp³-hybridized carbons (Fsp3) is 0.659. The second-order valence-electron chi connectivity index (χ2n) is 17.3. The Labute approximate surface area is 433 Å². The van der Waals surface area contributed by atoms with E-state index in [0.29, 0.717) is 12.2 Å². The van der Waals surface area contributed by atoms with Crippen LogP contribution in [-0.4, -0.2) is 221 Å². The Morgan fingerprint density at radius 3 is 1.81 bits per heavy atom. The summed E-state index contributed by atoms with van der Waals surface area (Å²) in [4.78, 5) is 164. The molecule has 0 bridgehead atoms. The summed E-state index contributed by atoms with van der Waals surface area (Å²) in [7, 11) is -5.35. The average Bonchev–Trinajstić information content (AvgIpc) is 4.17. The number of nitrogens with zero attached hydrogens (tertiary/aromatic N) is 4. The minimum absolute atomic E-state index is 0.0192. The summed E-state index contributed by atoms with van der Waals surface area (Å²) in [5.41, 5.74) is 17.1. The number of phosphoric ester groups is 1. The summed E-state index contributed by atoms with van der Waals surface area (Å²) >= 11 is 1.32. The minimum Gasteiger partial charge on any atom is -0.481 e. The van der Waals surface area contributed by atoms with Gasteiger partial charge in [-0.15, -0.1) is 0 Å². The highest BCUT2D eigenvalue weighted by Gasteiger charge is 2.42. The standard InChI is InChI=1S/C41H67N14O18PS/c1-75-14-10-24(40(68)69)49-34(62)26(17-56)51-33(61)25(15-21-16-45-20-47-21)50-35(63)27(18-57)52-37(65)30-7-4-13-55(30)39(67)28(19-73-74(70,71)72)53-32(60)23(5-2-11-46-41(43)44)48-36(64)29-6-3-12-54(29)38(66)22(42)8-9-31(58)59/h16,20,22-30,56-57H,2-15,17-19,42H2,1H3,(H,45,47)(H,48,64)(H,49,62)(H,50,63)(H,51,61)(H,52,65)(H,53,60)(H,58,59)(H,68,69)(H4,43,44,46)(H2,70,71,72)/t22-,23-,24-,25-,26-,27-,28-,29-,30-/m0/s1. The van der Waals surface area contributed by atoms with E-state index in [1.807, 2.05) is 0 Å². The molecular formula is C41H67N14O18PS. The molecule has 420 valence electrons. The van der Waals surface area contributed by atoms with Crippen molar-refractivity contribution in [2.24, 2.45) is 22.2 Å². The zero-order valence-electron chi connectivity index (χ0n) is 40.8. The first-order valence-electron chi connectivity index (χ1n) is 23.5. The molecule has 0 aliphatic carbocycles. The number of likely N-dealkylation sites (tertiary alicyclic amines) is 2. The first-order chi connectivity index (χ1) is 35.4. The first kappa shape index (κ1) is 62.8. The molecule has 0 unspecified atom stereocenters. The van der Waals surface area contributed by atoms with Gasteiger partial charge in [0, 0.05) is 44.4 Å². The number of H-pyrrole nitrogens is 1. The number of aliphatic carboxylic acids is 2. The number of nitrogens with two attached hydrogens (primary N) is 3. The number of carbonyl (C=O) groups is 10. The highest BCUT2D eigenvalue weighted by Crippen LogP contribution is 2.36. The molecule has 0 spiro atoms. The molecule has 2 saturated heterocycles. The van der Waals surface area contributed by atoms with Crippen molar-refractivity contribution in [1.29, 1.82) is 0 Å². The first-order valence-corrected chi connectivity index (χ1v) is 26.4. The van der Waals surface area contributed by atoms with Gasteiger partial charge in [-0.3, -0.25) is 52.7 Å². The van der Waals surface area contributed by atoms with E-state index in [-0.39, 0.29) is 82.7 Å². The molecule has 2 aliphatic rings. The van der Waals surface area contributed by atoms with Gasteiger partial charge >= 0.3 is 19.8 Å². The smallest absolute Gasteiger partial charge is 0.469 e. The lowest BCUT2D eigenvalue weighted by Crippen LogP contribution is -2.61. The summed E-state index contributed by atoms with van der Waals surface area (Å²) in [6.45, 7) is -3.41. The fourth-order valence-corrected chi connectivity index (χ4v) is 8.69. The van der Waals surface area contributed by atoms with Gasteiger partial charge in [0.25, 0.3) is 0 Å². The number of carbonyl (C=O) groups excluding carboxylic acids is 8. The molecule has 9 atom stereocenters. The fourth-order valence-electron chi connectivity index (χ4n) is 7.87. The zero-order chi connectivity index (χ0) is 56.0. The molecule has 34 heteroatoms. The van der Waals surface area contributed by atoms with Crippen LogP contribution in [0.2, 0.25) is 0 Å². The van der Waals surface area contributed by atoms with Crippen molar-refractivity contribution in [3.8, 4) is 0 Å². The molecule has 1 aromatic rings. The number of carboxylic acid groups (broad SMARTS) is 2. The average molecular weight is 1110 g/mol. The maximum Gasteiger partial charge on any atom is 0.469 e. The molecule has 2 aliphatic heterocycles. The Morgan fingerprint density at radius 2 is 1.29 bits per heavy atom. The summed E-state index contributed by atoms with van der Waals surface area (Å²) in [5, 5.41) is 52.9. The van der Waals surface area contributed by atoms with Crippen LogP contribution in [0.1, 0.15) is 63.5 Å². The van der Waals surface area contributed by atoms with Crippen molar-refractivity contribution >= 4 is 84.7 Å². The van der Waals surface area contributed by atoms with Crippen molar-refractivity contribution in [1.82, 2.24) is 51.7 Å². The molecular weight excluding hydrogens is 1040 g/mol. The molecule has 8 amide bonds. The van der Waals surface area contributed by atoms with Gasteiger partial charge in [0.05, 0.1) is 32.2 Å². The number of carboxylic acids is 2. The lowest BCUT2D eigenvalue weighted by atomic mass is 10.1. The number of thioether (sulfide) groups is 1. The normalized spacial score (nSPS) is 18.2. The summed E-state index contributed by atoms with van der Waals surface area (Å²) in [6, 6.07) is -13.8. The summed E-state index contributed by atoms with van der Waals surface area (Å²) in [5.74, 6) is -10.6. The number of hydrogen-bond donors (Lipinski definition) is 16. The molecule has 3 heterocycles. The van der Waals surface area contributed by atoms with Gasteiger partial charge in [0.15, 0.2) is 5.96 Å². The van der Waals surface area contributed by atoms with E-state index in [1.165, 1.54) is 24.3 Å². The molecule has 0 aromatic carbocycles. The van der Waals surface area contributed by atoms with Crippen molar-refractivity contribution in [2.75, 3.05) is 51.5 Å². The van der Waals surface area contributed by atoms with Gasteiger partial charge in [-0.25, -0.2) is 14.3 Å². The number of imidazole rings is 1. The molecule has 0 radical (unpaired) electrons. The largest absolute Gasteiger partial charge is 0.481 e. The molecule has 2 fully saturated rings. The maximum atomic E-state index is 14.3. The molecule has 32 nitrogen and oxygen atoms in total. The molecule has 1 aromatic heterocycles. The molecule has 0 saturated carbocycles. The predicted molar refractivity (Wildman–Crippen MR) is 261 cm³/mol. The SMILES string of the molecule is CSCC[C@H](NC(=O)[C@H](CO)NC(=O)[C@H](Cc1cnc[nH]1)NC(=O)[C@H](CO)NC(=O)[C@@H]1CCCN1C(=O)[C@H](COP(=O)(O)O)NC(=O)[C@H](CCCN=C(N)N)NC(=O)[C@@H]1CCCN1C(=O)[C@@H](N)CCC(=O)O)C(=O)O. The number of aliphatic imine (C=N–C) groups is 1. The Morgan fingerprint density at radius 1 is 0.773 bits per heavy atom. The lowest BCUT2D eigenvalue weighted by Gasteiger charge is -2.31. The number of nitrogens with one attached hydrogen (secondary N) is 7. The van der Waals surface area contributed by atoms with E-state index in [9.17, 15) is 77.6 Å². The van der Waals surface area contributed by atoms with Gasteiger partial charge in [-0.2, -0.15) is 11.8 Å². The van der Waals surface area contributed by atoms with E-state index < -0.39 is 148 Å². The van der Waals surface area contributed by atoms with Crippen molar-refractivity contribution < 1.29 is 87.2 Å². The van der Waals surface area contributed by atoms with E-state index in [4.69, 9.17) is 22.3 Å². The number of rotatable bonds is 32. The van der Waals surface area contributed by atoms with Gasteiger partial charge < -0.3 is 94.1 Å². The van der Waals surface area contributed by atoms with Crippen LogP contribution in [0.15, 0.2) is 17.5 Å². The number of amides is 8. The summed E-state index contributed by atoms with van der Waals surface area (Å²) < 4.78 is 16.5. The van der Waals surface area contributed by atoms with Crippen LogP contribution in [0.5, 0.6) is 0 Å². The van der Waals surface area contributed by atoms with Crippen LogP contribution < -0.4 is 49.1 Å². The minimum atomic E-state index is -5.35. The van der Waals surface area contributed by atoms with E-state index in [2.05, 4.69) is 51.4 Å². The number of hydrogen-bond acceptors (Lipinski definition) is 18. The number of phosphoric acid groups is 1. The predicted octanol–water partition coefficient (Wildman–Crippen LogP) is -6.98. The molecule has 75 heavy (non-hydrogen) atoms. The van der Waals surface area contributed by atoms with Crippen LogP contribution in [0.4, 0.5) is 0 Å². The third-order valence-electron chi connectivity index (χ3n) is 11.7. The van der Waals surface area contributed by atoms with E-state index >= 15 is 0 Å². The third kappa shape index (κ3) is 20.6. The van der Waals surface area contributed by atoms with Gasteiger partial charge in [0.1, 0.15) is 48.3 Å². The Bertz CT molecular complexity index is 2240. The molecule has 19 N–H and O–H groups in total. The Balaban J connectivity index is 1.82. The third-order valence-corrected chi connectivity index (χ3v) is 12.9. The molecule has 3 rings (SSSR count). The van der Waals surface area contributed by atoms with Gasteiger partial charge in [0.2, 0.25) is 47.3 Å². The number of guanidine groups is 1.